The number of ether oxygens (including phenoxy) is 1. The van der Waals surface area contributed by atoms with Crippen LogP contribution in [0.15, 0.2) is 15.9 Å². The standard InChI is InChI=1S/C7H7BrO2S/c1-5(9)10-4-7-6(8)2-3-11-7/h2-3H,4H2,1H3. The molecule has 0 spiro atoms. The van der Waals surface area contributed by atoms with Crippen LogP contribution in [0.3, 0.4) is 0 Å². The zero-order chi connectivity index (χ0) is 8.27. The van der Waals surface area contributed by atoms with Crippen LogP contribution in [0.4, 0.5) is 0 Å². The molecule has 11 heavy (non-hydrogen) atoms. The second-order valence-corrected chi connectivity index (χ2v) is 3.83. The molecule has 0 aliphatic heterocycles. The summed E-state index contributed by atoms with van der Waals surface area (Å²) < 4.78 is 5.81. The Morgan fingerprint density at radius 2 is 2.55 bits per heavy atom. The van der Waals surface area contributed by atoms with Gasteiger partial charge in [-0.2, -0.15) is 0 Å². The highest BCUT2D eigenvalue weighted by Crippen LogP contribution is 2.23. The fourth-order valence-corrected chi connectivity index (χ4v) is 1.97. The Kier molecular flexibility index (Phi) is 3.08. The van der Waals surface area contributed by atoms with E-state index in [1.807, 2.05) is 11.4 Å². The summed E-state index contributed by atoms with van der Waals surface area (Å²) in [6.07, 6.45) is 0. The van der Waals surface area contributed by atoms with Crippen molar-refractivity contribution in [3.63, 3.8) is 0 Å². The summed E-state index contributed by atoms with van der Waals surface area (Å²) in [5.41, 5.74) is 0. The van der Waals surface area contributed by atoms with Gasteiger partial charge in [0.25, 0.3) is 0 Å². The van der Waals surface area contributed by atoms with Crippen molar-refractivity contribution in [1.82, 2.24) is 0 Å². The molecule has 2 nitrogen and oxygen atoms in total. The zero-order valence-electron chi connectivity index (χ0n) is 5.96. The van der Waals surface area contributed by atoms with Crippen molar-refractivity contribution in [1.29, 1.82) is 0 Å². The van der Waals surface area contributed by atoms with E-state index in [4.69, 9.17) is 4.74 Å². The highest BCUT2D eigenvalue weighted by Gasteiger charge is 2.01. The first-order chi connectivity index (χ1) is 5.20. The van der Waals surface area contributed by atoms with Gasteiger partial charge in [0.1, 0.15) is 6.61 Å². The molecule has 1 heterocycles. The van der Waals surface area contributed by atoms with Crippen LogP contribution in [0.1, 0.15) is 11.8 Å². The van der Waals surface area contributed by atoms with Gasteiger partial charge in [-0.3, -0.25) is 4.79 Å². The molecule has 0 aliphatic rings. The predicted molar refractivity (Wildman–Crippen MR) is 47.5 cm³/mol. The maximum atomic E-state index is 10.4. The van der Waals surface area contributed by atoms with E-state index in [9.17, 15) is 4.79 Å². The summed E-state index contributed by atoms with van der Waals surface area (Å²) >= 11 is 4.90. The van der Waals surface area contributed by atoms with E-state index in [0.717, 1.165) is 9.35 Å². The van der Waals surface area contributed by atoms with Gasteiger partial charge < -0.3 is 4.74 Å². The summed E-state index contributed by atoms with van der Waals surface area (Å²) in [7, 11) is 0. The third-order valence-corrected chi connectivity index (χ3v) is 3.00. The molecule has 4 heteroatoms. The van der Waals surface area contributed by atoms with Crippen LogP contribution in [0.2, 0.25) is 0 Å². The van der Waals surface area contributed by atoms with E-state index >= 15 is 0 Å². The van der Waals surface area contributed by atoms with Crippen LogP contribution in [0, 0.1) is 0 Å². The number of halogens is 1. The number of thiophene rings is 1. The average molecular weight is 235 g/mol. The largest absolute Gasteiger partial charge is 0.460 e. The molecular formula is C7H7BrO2S. The van der Waals surface area contributed by atoms with E-state index < -0.39 is 0 Å². The van der Waals surface area contributed by atoms with Gasteiger partial charge >= 0.3 is 5.97 Å². The Balaban J connectivity index is 2.51. The van der Waals surface area contributed by atoms with E-state index in [2.05, 4.69) is 15.9 Å². The predicted octanol–water partition coefficient (Wildman–Crippen LogP) is 2.57. The quantitative estimate of drug-likeness (QED) is 0.736. The normalized spacial score (nSPS) is 9.64. The molecule has 1 aromatic rings. The number of carbonyl (C=O) groups is 1. The molecule has 1 rings (SSSR count). The van der Waals surface area contributed by atoms with Crippen molar-refractivity contribution in [3.8, 4) is 0 Å². The van der Waals surface area contributed by atoms with Gasteiger partial charge in [-0.25, -0.2) is 0 Å². The molecule has 0 aromatic carbocycles. The second-order valence-electron chi connectivity index (χ2n) is 1.97. The number of esters is 1. The first kappa shape index (κ1) is 8.74. The van der Waals surface area contributed by atoms with Crippen molar-refractivity contribution in [2.75, 3.05) is 0 Å². The van der Waals surface area contributed by atoms with Crippen molar-refractivity contribution in [3.05, 3.63) is 20.8 Å². The van der Waals surface area contributed by atoms with Gasteiger partial charge in [0, 0.05) is 11.4 Å². The lowest BCUT2D eigenvalue weighted by Gasteiger charge is -1.98. The Hall–Kier alpha value is -0.350. The van der Waals surface area contributed by atoms with Crippen LogP contribution < -0.4 is 0 Å². The first-order valence-electron chi connectivity index (χ1n) is 3.05. The molecule has 0 bridgehead atoms. The maximum absolute atomic E-state index is 10.4. The Bertz CT molecular complexity index is 257. The number of carbonyl (C=O) groups excluding carboxylic acids is 1. The van der Waals surface area contributed by atoms with E-state index in [1.165, 1.54) is 6.92 Å². The summed E-state index contributed by atoms with van der Waals surface area (Å²) in [5.74, 6) is -0.245. The smallest absolute Gasteiger partial charge is 0.302 e. The van der Waals surface area contributed by atoms with E-state index in [1.54, 1.807) is 11.3 Å². The third-order valence-electron chi connectivity index (χ3n) is 1.10. The van der Waals surface area contributed by atoms with Crippen molar-refractivity contribution >= 4 is 33.2 Å². The highest BCUT2D eigenvalue weighted by molar-refractivity contribution is 9.10. The Morgan fingerprint density at radius 1 is 1.82 bits per heavy atom. The summed E-state index contributed by atoms with van der Waals surface area (Å²) in [4.78, 5) is 11.5. The third kappa shape index (κ3) is 2.63. The van der Waals surface area contributed by atoms with Gasteiger partial charge in [0.05, 0.1) is 4.88 Å². The molecule has 0 saturated carbocycles. The van der Waals surface area contributed by atoms with E-state index in [0.29, 0.717) is 6.61 Å². The second kappa shape index (κ2) is 3.88. The van der Waals surface area contributed by atoms with Crippen LogP contribution >= 0.6 is 27.3 Å². The van der Waals surface area contributed by atoms with E-state index in [-0.39, 0.29) is 5.97 Å². The minimum Gasteiger partial charge on any atom is -0.460 e. The molecule has 0 fully saturated rings. The van der Waals surface area contributed by atoms with Crippen LogP contribution in [0.25, 0.3) is 0 Å². The molecule has 0 radical (unpaired) electrons. The molecule has 0 atom stereocenters. The molecule has 0 unspecified atom stereocenters. The van der Waals surface area contributed by atoms with Crippen LogP contribution in [-0.4, -0.2) is 5.97 Å². The molecule has 1 aromatic heterocycles. The van der Waals surface area contributed by atoms with Crippen molar-refractivity contribution in [2.24, 2.45) is 0 Å². The van der Waals surface area contributed by atoms with Gasteiger partial charge in [0.2, 0.25) is 0 Å². The summed E-state index contributed by atoms with van der Waals surface area (Å²) in [5, 5.41) is 1.95. The molecule has 60 valence electrons. The minimum absolute atomic E-state index is 0.245. The van der Waals surface area contributed by atoms with Gasteiger partial charge in [-0.15, -0.1) is 11.3 Å². The number of rotatable bonds is 2. The van der Waals surface area contributed by atoms with Crippen molar-refractivity contribution < 1.29 is 9.53 Å². The summed E-state index contributed by atoms with van der Waals surface area (Å²) in [6, 6.07) is 1.93. The number of hydrogen-bond acceptors (Lipinski definition) is 3. The lowest BCUT2D eigenvalue weighted by atomic mass is 10.5. The zero-order valence-corrected chi connectivity index (χ0v) is 8.37. The molecule has 0 aliphatic carbocycles. The van der Waals surface area contributed by atoms with Crippen LogP contribution in [-0.2, 0) is 16.1 Å². The monoisotopic (exact) mass is 234 g/mol. The van der Waals surface area contributed by atoms with Gasteiger partial charge in [-0.05, 0) is 27.4 Å². The molecule has 0 saturated heterocycles. The number of hydrogen-bond donors (Lipinski definition) is 0. The van der Waals surface area contributed by atoms with Crippen molar-refractivity contribution in [2.45, 2.75) is 13.5 Å². The SMILES string of the molecule is CC(=O)OCc1sccc1Br. The average Bonchev–Trinajstić information content (AvgIpc) is 2.31. The fourth-order valence-electron chi connectivity index (χ4n) is 0.595. The Morgan fingerprint density at radius 3 is 3.00 bits per heavy atom. The molecule has 0 amide bonds. The molecular weight excluding hydrogens is 228 g/mol. The molecule has 0 N–H and O–H groups in total. The van der Waals surface area contributed by atoms with Gasteiger partial charge in [-0.1, -0.05) is 0 Å². The lowest BCUT2D eigenvalue weighted by Crippen LogP contribution is -1.97. The minimum atomic E-state index is -0.245. The van der Waals surface area contributed by atoms with Gasteiger partial charge in [0.15, 0.2) is 0 Å². The highest BCUT2D eigenvalue weighted by atomic mass is 79.9. The summed E-state index contributed by atoms with van der Waals surface area (Å²) in [6.45, 7) is 1.77. The topological polar surface area (TPSA) is 26.3 Å². The Labute approximate surface area is 77.3 Å². The lowest BCUT2D eigenvalue weighted by molar-refractivity contribution is -0.142. The maximum Gasteiger partial charge on any atom is 0.302 e. The fraction of sp³-hybridized carbons (Fsp3) is 0.286. The van der Waals surface area contributed by atoms with Crippen LogP contribution in [0.5, 0.6) is 0 Å². The first-order valence-corrected chi connectivity index (χ1v) is 4.72.